The van der Waals surface area contributed by atoms with Crippen LogP contribution in [0.1, 0.15) is 29.6 Å². The molecule has 158 valence electrons. The molecule has 0 saturated carbocycles. The summed E-state index contributed by atoms with van der Waals surface area (Å²) in [6.07, 6.45) is 2.69. The molecule has 1 heterocycles. The Morgan fingerprint density at radius 3 is 2.63 bits per heavy atom. The second-order valence-corrected chi connectivity index (χ2v) is 7.08. The van der Waals surface area contributed by atoms with Gasteiger partial charge in [-0.25, -0.2) is 4.79 Å². The number of carbonyl (C=O) groups is 2. The number of nitrogens with one attached hydrogen (secondary N) is 3. The van der Waals surface area contributed by atoms with E-state index in [9.17, 15) is 19.7 Å². The number of carbonyl (C=O) groups excluding carboxylic acids is 2. The maximum absolute atomic E-state index is 12.2. The Balaban J connectivity index is 1.74. The third-order valence-corrected chi connectivity index (χ3v) is 5.13. The second kappa shape index (κ2) is 9.73. The molecule has 3 amide bonds. The number of nitrogens with zero attached hydrogens (tertiary/aromatic N) is 2. The molecule has 1 atom stereocenters. The monoisotopic (exact) mass is 411 g/mol. The minimum atomic E-state index is -0.469. The van der Waals surface area contributed by atoms with Crippen LogP contribution in [-0.2, 0) is 0 Å². The minimum absolute atomic E-state index is 0.0789. The zero-order valence-corrected chi connectivity index (χ0v) is 16.8. The average molecular weight is 411 g/mol. The molecule has 3 N–H and O–H groups in total. The summed E-state index contributed by atoms with van der Waals surface area (Å²) >= 11 is 0. The molecule has 0 radical (unpaired) electrons. The Kier molecular flexibility index (Phi) is 6.84. The van der Waals surface area contributed by atoms with Crippen LogP contribution in [0.4, 0.5) is 21.9 Å². The van der Waals surface area contributed by atoms with Gasteiger partial charge in [-0.2, -0.15) is 0 Å². The van der Waals surface area contributed by atoms with Gasteiger partial charge in [-0.05, 0) is 43.5 Å². The molecular formula is C21H25N5O4. The number of hydrogen-bond acceptors (Lipinski definition) is 5. The van der Waals surface area contributed by atoms with Gasteiger partial charge in [-0.15, -0.1) is 0 Å². The normalized spacial score (nSPS) is 15.9. The number of rotatable bonds is 6. The Bertz CT molecular complexity index is 919. The maximum Gasteiger partial charge on any atom is 0.319 e. The minimum Gasteiger partial charge on any atom is -0.361 e. The molecule has 30 heavy (non-hydrogen) atoms. The lowest BCUT2D eigenvalue weighted by molar-refractivity contribution is -0.384. The van der Waals surface area contributed by atoms with Crippen molar-refractivity contribution < 1.29 is 14.5 Å². The lowest BCUT2D eigenvalue weighted by Gasteiger charge is -2.37. The standard InChI is InChI=1S/C21H25N5O4/c1-22-20(27)15-10-11-18(19(13-15)26(29)30)25-12-6-5-9-17(25)14-23-21(28)24-16-7-3-2-4-8-16/h2-4,7-8,10-11,13,17H,5-6,9,12,14H2,1H3,(H,22,27)(H2,23,24,28). The number of nitro groups is 1. The van der Waals surface area contributed by atoms with E-state index in [2.05, 4.69) is 16.0 Å². The fourth-order valence-corrected chi connectivity index (χ4v) is 3.64. The summed E-state index contributed by atoms with van der Waals surface area (Å²) in [5, 5.41) is 19.8. The molecule has 1 aliphatic heterocycles. The first kappa shape index (κ1) is 21.1. The van der Waals surface area contributed by atoms with Crippen LogP contribution >= 0.6 is 0 Å². The van der Waals surface area contributed by atoms with Gasteiger partial charge in [0.25, 0.3) is 11.6 Å². The third kappa shape index (κ3) is 5.05. The molecule has 0 bridgehead atoms. The Hall–Kier alpha value is -3.62. The Morgan fingerprint density at radius 1 is 1.17 bits per heavy atom. The van der Waals surface area contributed by atoms with E-state index >= 15 is 0 Å². The number of hydrogen-bond donors (Lipinski definition) is 3. The number of benzene rings is 2. The van der Waals surface area contributed by atoms with Crippen molar-refractivity contribution in [1.82, 2.24) is 10.6 Å². The summed E-state index contributed by atoms with van der Waals surface area (Å²) in [6, 6.07) is 13.2. The van der Waals surface area contributed by atoms with E-state index in [1.807, 2.05) is 23.1 Å². The highest BCUT2D eigenvalue weighted by Gasteiger charge is 2.29. The first-order valence-electron chi connectivity index (χ1n) is 9.86. The SMILES string of the molecule is CNC(=O)c1ccc(N2CCCCC2CNC(=O)Nc2ccccc2)c([N+](=O)[O-])c1. The van der Waals surface area contributed by atoms with Gasteiger partial charge in [0.2, 0.25) is 0 Å². The van der Waals surface area contributed by atoms with Crippen molar-refractivity contribution in [2.75, 3.05) is 30.4 Å². The van der Waals surface area contributed by atoms with Crippen molar-refractivity contribution in [3.8, 4) is 0 Å². The first-order valence-corrected chi connectivity index (χ1v) is 9.86. The van der Waals surface area contributed by atoms with E-state index in [0.29, 0.717) is 24.5 Å². The van der Waals surface area contributed by atoms with E-state index in [1.54, 1.807) is 24.3 Å². The van der Waals surface area contributed by atoms with Crippen molar-refractivity contribution in [3.63, 3.8) is 0 Å². The van der Waals surface area contributed by atoms with Gasteiger partial charge in [0.15, 0.2) is 0 Å². The van der Waals surface area contributed by atoms with Crippen molar-refractivity contribution in [2.24, 2.45) is 0 Å². The first-order chi connectivity index (χ1) is 14.5. The summed E-state index contributed by atoms with van der Waals surface area (Å²) in [5.74, 6) is -0.376. The number of amides is 3. The van der Waals surface area contributed by atoms with E-state index in [-0.39, 0.29) is 29.2 Å². The number of piperidine rings is 1. The van der Waals surface area contributed by atoms with Crippen molar-refractivity contribution >= 4 is 29.0 Å². The van der Waals surface area contributed by atoms with Gasteiger partial charge in [0.05, 0.1) is 4.92 Å². The summed E-state index contributed by atoms with van der Waals surface area (Å²) in [5.41, 5.74) is 1.28. The number of anilines is 2. The summed E-state index contributed by atoms with van der Waals surface area (Å²) in [4.78, 5) is 37.3. The van der Waals surface area contributed by atoms with E-state index in [4.69, 9.17) is 0 Å². The summed E-state index contributed by atoms with van der Waals surface area (Å²) in [7, 11) is 1.48. The molecule has 1 aliphatic rings. The van der Waals surface area contributed by atoms with Gasteiger partial charge in [0.1, 0.15) is 5.69 Å². The van der Waals surface area contributed by atoms with E-state index < -0.39 is 4.92 Å². The molecule has 2 aromatic carbocycles. The van der Waals surface area contributed by atoms with E-state index in [1.165, 1.54) is 13.1 Å². The van der Waals surface area contributed by atoms with Crippen molar-refractivity contribution in [2.45, 2.75) is 25.3 Å². The zero-order chi connectivity index (χ0) is 21.5. The highest BCUT2D eigenvalue weighted by molar-refractivity contribution is 5.95. The molecule has 1 fully saturated rings. The molecule has 2 aromatic rings. The molecule has 0 aromatic heterocycles. The molecule has 9 heteroatoms. The van der Waals surface area contributed by atoms with Crippen LogP contribution < -0.4 is 20.9 Å². The fraction of sp³-hybridized carbons (Fsp3) is 0.333. The highest BCUT2D eigenvalue weighted by Crippen LogP contribution is 2.33. The van der Waals surface area contributed by atoms with Crippen LogP contribution in [0.3, 0.4) is 0 Å². The van der Waals surface area contributed by atoms with Crippen LogP contribution in [0.25, 0.3) is 0 Å². The molecule has 3 rings (SSSR count). The van der Waals surface area contributed by atoms with Crippen LogP contribution in [0.2, 0.25) is 0 Å². The van der Waals surface area contributed by atoms with Crippen LogP contribution in [0, 0.1) is 10.1 Å². The Labute approximate surface area is 174 Å². The fourth-order valence-electron chi connectivity index (χ4n) is 3.64. The lowest BCUT2D eigenvalue weighted by Crippen LogP contribution is -2.47. The van der Waals surface area contributed by atoms with Crippen LogP contribution in [-0.4, -0.2) is 43.0 Å². The zero-order valence-electron chi connectivity index (χ0n) is 16.8. The summed E-state index contributed by atoms with van der Waals surface area (Å²) in [6.45, 7) is 1.000. The average Bonchev–Trinajstić information content (AvgIpc) is 2.77. The molecular weight excluding hydrogens is 386 g/mol. The van der Waals surface area contributed by atoms with E-state index in [0.717, 1.165) is 19.3 Å². The van der Waals surface area contributed by atoms with Crippen LogP contribution in [0.5, 0.6) is 0 Å². The predicted octanol–water partition coefficient (Wildman–Crippen LogP) is 3.14. The molecule has 0 spiro atoms. The van der Waals surface area contributed by atoms with Gasteiger partial charge in [0, 0.05) is 43.5 Å². The summed E-state index contributed by atoms with van der Waals surface area (Å²) < 4.78 is 0. The molecule has 0 aliphatic carbocycles. The largest absolute Gasteiger partial charge is 0.361 e. The highest BCUT2D eigenvalue weighted by atomic mass is 16.6. The predicted molar refractivity (Wildman–Crippen MR) is 115 cm³/mol. The quantitative estimate of drug-likeness (QED) is 0.499. The third-order valence-electron chi connectivity index (χ3n) is 5.13. The van der Waals surface area contributed by atoms with Crippen molar-refractivity contribution in [1.29, 1.82) is 0 Å². The van der Waals surface area contributed by atoms with Gasteiger partial charge in [-0.3, -0.25) is 14.9 Å². The molecule has 1 saturated heterocycles. The van der Waals surface area contributed by atoms with Crippen LogP contribution in [0.15, 0.2) is 48.5 Å². The topological polar surface area (TPSA) is 117 Å². The lowest BCUT2D eigenvalue weighted by atomic mass is 10.00. The van der Waals surface area contributed by atoms with Gasteiger partial charge in [-0.1, -0.05) is 18.2 Å². The van der Waals surface area contributed by atoms with Gasteiger partial charge < -0.3 is 20.9 Å². The Morgan fingerprint density at radius 2 is 1.93 bits per heavy atom. The smallest absolute Gasteiger partial charge is 0.319 e. The number of para-hydroxylation sites is 1. The number of nitro benzene ring substituents is 1. The molecule has 1 unspecified atom stereocenters. The maximum atomic E-state index is 12.2. The number of urea groups is 1. The second-order valence-electron chi connectivity index (χ2n) is 7.08. The molecule has 9 nitrogen and oxygen atoms in total. The van der Waals surface area contributed by atoms with Gasteiger partial charge >= 0.3 is 6.03 Å². The van der Waals surface area contributed by atoms with Crippen molar-refractivity contribution in [3.05, 3.63) is 64.2 Å².